The summed E-state index contributed by atoms with van der Waals surface area (Å²) in [7, 11) is 2.05. The van der Waals surface area contributed by atoms with Crippen LogP contribution in [0.3, 0.4) is 0 Å². The number of aryl methyl sites for hydroxylation is 1. The lowest BCUT2D eigenvalue weighted by molar-refractivity contribution is 0.0790. The van der Waals surface area contributed by atoms with Crippen LogP contribution in [0.5, 0.6) is 0 Å². The summed E-state index contributed by atoms with van der Waals surface area (Å²) in [4.78, 5) is 23.2. The Bertz CT molecular complexity index is 856. The molecular weight excluding hydrogens is 288 g/mol. The summed E-state index contributed by atoms with van der Waals surface area (Å²) in [6.07, 6.45) is 4.27. The predicted molar refractivity (Wildman–Crippen MR) is 88.2 cm³/mol. The standard InChI is InChI=1S/C18H18N4O/c1-21-16-5-3-2-4-15(16)20-17(21)14-8-11-22(12-14)18(23)13-6-9-19-10-7-13/h2-7,9-10,14H,8,11-12H2,1H3/t14-/m0/s1. The van der Waals surface area contributed by atoms with Gasteiger partial charge in [-0.25, -0.2) is 4.98 Å². The van der Waals surface area contributed by atoms with Gasteiger partial charge in [-0.3, -0.25) is 9.78 Å². The van der Waals surface area contributed by atoms with Crippen LogP contribution in [0, 0.1) is 0 Å². The third-order valence-electron chi connectivity index (χ3n) is 4.59. The van der Waals surface area contributed by atoms with Gasteiger partial charge in [-0.15, -0.1) is 0 Å². The molecule has 0 radical (unpaired) electrons. The average Bonchev–Trinajstić information content (AvgIpc) is 3.20. The van der Waals surface area contributed by atoms with Crippen LogP contribution in [0.2, 0.25) is 0 Å². The third-order valence-corrected chi connectivity index (χ3v) is 4.59. The SMILES string of the molecule is Cn1c([C@H]2CCN(C(=O)c3ccncc3)C2)nc2ccccc21. The van der Waals surface area contributed by atoms with Crippen molar-refractivity contribution in [2.45, 2.75) is 12.3 Å². The first kappa shape index (κ1) is 13.9. The van der Waals surface area contributed by atoms with Crippen molar-refractivity contribution < 1.29 is 4.79 Å². The Morgan fingerprint density at radius 3 is 2.74 bits per heavy atom. The summed E-state index contributed by atoms with van der Waals surface area (Å²) < 4.78 is 2.15. The van der Waals surface area contributed by atoms with Crippen LogP contribution in [0.1, 0.15) is 28.5 Å². The van der Waals surface area contributed by atoms with Gasteiger partial charge in [-0.2, -0.15) is 0 Å². The van der Waals surface area contributed by atoms with E-state index in [0.717, 1.165) is 36.4 Å². The van der Waals surface area contributed by atoms with Crippen molar-refractivity contribution in [1.29, 1.82) is 0 Å². The van der Waals surface area contributed by atoms with E-state index in [0.29, 0.717) is 5.56 Å². The van der Waals surface area contributed by atoms with Crippen LogP contribution in [0.15, 0.2) is 48.8 Å². The van der Waals surface area contributed by atoms with Crippen molar-refractivity contribution in [2.24, 2.45) is 7.05 Å². The van der Waals surface area contributed by atoms with Crippen molar-refractivity contribution in [3.05, 3.63) is 60.2 Å². The van der Waals surface area contributed by atoms with E-state index >= 15 is 0 Å². The maximum absolute atomic E-state index is 12.6. The molecule has 1 aliphatic rings. The number of pyridine rings is 1. The molecule has 1 aliphatic heterocycles. The highest BCUT2D eigenvalue weighted by Crippen LogP contribution is 2.29. The molecular formula is C18H18N4O. The van der Waals surface area contributed by atoms with Gasteiger partial charge in [-0.1, -0.05) is 12.1 Å². The average molecular weight is 306 g/mol. The lowest BCUT2D eigenvalue weighted by Crippen LogP contribution is -2.28. The minimum Gasteiger partial charge on any atom is -0.338 e. The smallest absolute Gasteiger partial charge is 0.253 e. The van der Waals surface area contributed by atoms with Gasteiger partial charge in [0.15, 0.2) is 0 Å². The Kier molecular flexibility index (Phi) is 3.33. The van der Waals surface area contributed by atoms with Gasteiger partial charge >= 0.3 is 0 Å². The molecule has 116 valence electrons. The zero-order valence-corrected chi connectivity index (χ0v) is 13.0. The number of amides is 1. The van der Waals surface area contributed by atoms with E-state index in [4.69, 9.17) is 4.98 Å². The van der Waals surface area contributed by atoms with Crippen LogP contribution in [0.4, 0.5) is 0 Å². The minimum atomic E-state index is 0.0775. The quantitative estimate of drug-likeness (QED) is 0.731. The third kappa shape index (κ3) is 2.38. The molecule has 23 heavy (non-hydrogen) atoms. The fraction of sp³-hybridized carbons (Fsp3) is 0.278. The highest BCUT2D eigenvalue weighted by atomic mass is 16.2. The summed E-state index contributed by atoms with van der Waals surface area (Å²) in [5.74, 6) is 1.43. The Balaban J connectivity index is 1.58. The van der Waals surface area contributed by atoms with Gasteiger partial charge < -0.3 is 9.47 Å². The second-order valence-electron chi connectivity index (χ2n) is 5.99. The number of hydrogen-bond acceptors (Lipinski definition) is 3. The zero-order valence-electron chi connectivity index (χ0n) is 13.0. The van der Waals surface area contributed by atoms with Crippen LogP contribution in [-0.2, 0) is 7.05 Å². The van der Waals surface area contributed by atoms with Gasteiger partial charge in [-0.05, 0) is 30.7 Å². The first-order valence-corrected chi connectivity index (χ1v) is 7.84. The molecule has 5 nitrogen and oxygen atoms in total. The number of nitrogens with zero attached hydrogens (tertiary/aromatic N) is 4. The first-order chi connectivity index (χ1) is 11.2. The van der Waals surface area contributed by atoms with Crippen molar-refractivity contribution in [1.82, 2.24) is 19.4 Å². The normalized spacial score (nSPS) is 17.8. The summed E-state index contributed by atoms with van der Waals surface area (Å²) in [6, 6.07) is 11.7. The number of rotatable bonds is 2. The molecule has 1 aromatic carbocycles. The van der Waals surface area contributed by atoms with Crippen molar-refractivity contribution >= 4 is 16.9 Å². The molecule has 0 bridgehead atoms. The van der Waals surface area contributed by atoms with Gasteiger partial charge in [0.25, 0.3) is 5.91 Å². The number of likely N-dealkylation sites (tertiary alicyclic amines) is 1. The van der Waals surface area contributed by atoms with Crippen LogP contribution < -0.4 is 0 Å². The number of para-hydroxylation sites is 2. The van der Waals surface area contributed by atoms with Gasteiger partial charge in [0.05, 0.1) is 11.0 Å². The monoisotopic (exact) mass is 306 g/mol. The number of hydrogen-bond donors (Lipinski definition) is 0. The number of benzene rings is 1. The van der Waals surface area contributed by atoms with Crippen LogP contribution >= 0.6 is 0 Å². The molecule has 0 saturated carbocycles. The molecule has 0 spiro atoms. The molecule has 0 N–H and O–H groups in total. The molecule has 1 saturated heterocycles. The minimum absolute atomic E-state index is 0.0775. The van der Waals surface area contributed by atoms with Gasteiger partial charge in [0.1, 0.15) is 5.82 Å². The predicted octanol–water partition coefficient (Wildman–Crippen LogP) is 2.60. The summed E-state index contributed by atoms with van der Waals surface area (Å²) in [5, 5.41) is 0. The maximum Gasteiger partial charge on any atom is 0.253 e. The molecule has 3 heterocycles. The van der Waals surface area contributed by atoms with E-state index in [1.807, 2.05) is 23.1 Å². The maximum atomic E-state index is 12.6. The van der Waals surface area contributed by atoms with Gasteiger partial charge in [0.2, 0.25) is 0 Å². The molecule has 4 rings (SSSR count). The summed E-state index contributed by atoms with van der Waals surface area (Å²) in [6.45, 7) is 1.49. The van der Waals surface area contributed by atoms with E-state index in [-0.39, 0.29) is 11.8 Å². The lowest BCUT2D eigenvalue weighted by Gasteiger charge is -2.16. The molecule has 5 heteroatoms. The van der Waals surface area contributed by atoms with E-state index in [2.05, 4.69) is 22.7 Å². The molecule has 3 aromatic rings. The van der Waals surface area contributed by atoms with Crippen molar-refractivity contribution in [3.63, 3.8) is 0 Å². The van der Waals surface area contributed by atoms with E-state index in [1.54, 1.807) is 24.5 Å². The van der Waals surface area contributed by atoms with E-state index < -0.39 is 0 Å². The molecule has 0 aliphatic carbocycles. The molecule has 1 fully saturated rings. The van der Waals surface area contributed by atoms with Crippen molar-refractivity contribution in [2.75, 3.05) is 13.1 Å². The number of imidazole rings is 1. The molecule has 2 aromatic heterocycles. The van der Waals surface area contributed by atoms with E-state index in [1.165, 1.54) is 0 Å². The highest BCUT2D eigenvalue weighted by Gasteiger charge is 2.30. The fourth-order valence-electron chi connectivity index (χ4n) is 3.36. The highest BCUT2D eigenvalue weighted by molar-refractivity contribution is 5.94. The Morgan fingerprint density at radius 2 is 1.96 bits per heavy atom. The summed E-state index contributed by atoms with van der Waals surface area (Å²) in [5.41, 5.74) is 2.86. The Morgan fingerprint density at radius 1 is 1.17 bits per heavy atom. The van der Waals surface area contributed by atoms with Crippen LogP contribution in [-0.4, -0.2) is 38.4 Å². The largest absolute Gasteiger partial charge is 0.338 e. The Hall–Kier alpha value is -2.69. The topological polar surface area (TPSA) is 51.0 Å². The number of fused-ring (bicyclic) bond motifs is 1. The van der Waals surface area contributed by atoms with Crippen LogP contribution in [0.25, 0.3) is 11.0 Å². The molecule has 1 amide bonds. The number of aromatic nitrogens is 3. The number of carbonyl (C=O) groups is 1. The van der Waals surface area contributed by atoms with Crippen molar-refractivity contribution in [3.8, 4) is 0 Å². The molecule has 0 unspecified atom stereocenters. The fourth-order valence-corrected chi connectivity index (χ4v) is 3.36. The van der Waals surface area contributed by atoms with E-state index in [9.17, 15) is 4.79 Å². The second-order valence-corrected chi connectivity index (χ2v) is 5.99. The second kappa shape index (κ2) is 5.50. The van der Waals surface area contributed by atoms with Gasteiger partial charge in [0, 0.05) is 44.0 Å². The zero-order chi connectivity index (χ0) is 15.8. The summed E-state index contributed by atoms with van der Waals surface area (Å²) >= 11 is 0. The number of carbonyl (C=O) groups excluding carboxylic acids is 1. The molecule has 1 atom stereocenters. The first-order valence-electron chi connectivity index (χ1n) is 7.84. The lowest BCUT2D eigenvalue weighted by atomic mass is 10.1. The Labute approximate surface area is 134 Å².